The zero-order valence-electron chi connectivity index (χ0n) is 11.0. The maximum Gasteiger partial charge on any atom is 0.248 e. The van der Waals surface area contributed by atoms with Gasteiger partial charge in [0.25, 0.3) is 0 Å². The summed E-state index contributed by atoms with van der Waals surface area (Å²) in [6.07, 6.45) is 4.06. The molecule has 0 radical (unpaired) electrons. The summed E-state index contributed by atoms with van der Waals surface area (Å²) in [6.45, 7) is 3.58. The van der Waals surface area contributed by atoms with Gasteiger partial charge in [-0.2, -0.15) is 0 Å². The predicted octanol–water partition coefficient (Wildman–Crippen LogP) is 2.48. The second kappa shape index (κ2) is 6.79. The lowest BCUT2D eigenvalue weighted by molar-refractivity contribution is -0.114. The number of aryl methyl sites for hydroxylation is 1. The van der Waals surface area contributed by atoms with Crippen molar-refractivity contribution in [2.45, 2.75) is 39.5 Å². The third kappa shape index (κ3) is 4.20. The van der Waals surface area contributed by atoms with E-state index in [1.165, 1.54) is 6.92 Å². The Morgan fingerprint density at radius 1 is 1.28 bits per heavy atom. The van der Waals surface area contributed by atoms with Crippen LogP contribution in [0.2, 0.25) is 0 Å². The van der Waals surface area contributed by atoms with Gasteiger partial charge >= 0.3 is 0 Å². The Balaban J connectivity index is 2.92. The summed E-state index contributed by atoms with van der Waals surface area (Å²) in [5.74, 6) is -0.544. The van der Waals surface area contributed by atoms with Crippen molar-refractivity contribution in [2.75, 3.05) is 5.32 Å². The number of hydrogen-bond donors (Lipinski definition) is 2. The number of rotatable bonds is 6. The van der Waals surface area contributed by atoms with E-state index in [2.05, 4.69) is 12.2 Å². The monoisotopic (exact) mass is 248 g/mol. The van der Waals surface area contributed by atoms with Crippen molar-refractivity contribution in [3.63, 3.8) is 0 Å². The Morgan fingerprint density at radius 3 is 2.56 bits per heavy atom. The van der Waals surface area contributed by atoms with Crippen molar-refractivity contribution in [2.24, 2.45) is 5.73 Å². The molecule has 1 aromatic carbocycles. The number of anilines is 1. The highest BCUT2D eigenvalue weighted by Gasteiger charge is 2.09. The number of carbonyl (C=O) groups is 2. The van der Waals surface area contributed by atoms with Crippen LogP contribution in [0.1, 0.15) is 49.0 Å². The van der Waals surface area contributed by atoms with E-state index in [9.17, 15) is 9.59 Å². The first kappa shape index (κ1) is 14.2. The second-order valence-electron chi connectivity index (χ2n) is 4.37. The summed E-state index contributed by atoms with van der Waals surface area (Å²) >= 11 is 0. The molecule has 0 saturated carbocycles. The number of nitrogens with one attached hydrogen (secondary N) is 1. The minimum absolute atomic E-state index is 0.124. The molecule has 0 bridgehead atoms. The molecule has 0 aliphatic heterocycles. The van der Waals surface area contributed by atoms with E-state index >= 15 is 0 Å². The van der Waals surface area contributed by atoms with Gasteiger partial charge in [-0.15, -0.1) is 0 Å². The van der Waals surface area contributed by atoms with Crippen molar-refractivity contribution < 1.29 is 9.59 Å². The number of hydrogen-bond acceptors (Lipinski definition) is 2. The fourth-order valence-electron chi connectivity index (χ4n) is 1.89. The molecule has 0 heterocycles. The average molecular weight is 248 g/mol. The Hall–Kier alpha value is -1.84. The molecule has 1 aromatic rings. The fraction of sp³-hybridized carbons (Fsp3) is 0.429. The highest BCUT2D eigenvalue weighted by molar-refractivity contribution is 5.96. The number of nitrogens with two attached hydrogens (primary N) is 1. The standard InChI is InChI=1S/C14H20N2O2/c1-3-4-5-6-11-9-12(16-10(2)17)7-8-13(11)14(15)18/h7-9H,3-6H2,1-2H3,(H2,15,18)(H,16,17). The van der Waals surface area contributed by atoms with Gasteiger partial charge in [0.15, 0.2) is 0 Å². The smallest absolute Gasteiger partial charge is 0.248 e. The van der Waals surface area contributed by atoms with E-state index in [4.69, 9.17) is 5.73 Å². The summed E-state index contributed by atoms with van der Waals surface area (Å²) < 4.78 is 0. The normalized spacial score (nSPS) is 10.1. The van der Waals surface area contributed by atoms with Gasteiger partial charge in [-0.1, -0.05) is 19.8 Å². The van der Waals surface area contributed by atoms with Crippen LogP contribution in [0.5, 0.6) is 0 Å². The molecule has 1 rings (SSSR count). The Kier molecular flexibility index (Phi) is 5.36. The molecule has 98 valence electrons. The van der Waals surface area contributed by atoms with Crippen LogP contribution < -0.4 is 11.1 Å². The minimum atomic E-state index is -0.420. The molecule has 0 fully saturated rings. The number of benzene rings is 1. The second-order valence-corrected chi connectivity index (χ2v) is 4.37. The first-order chi connectivity index (χ1) is 8.54. The van der Waals surface area contributed by atoms with Crippen LogP contribution in [0.25, 0.3) is 0 Å². The van der Waals surface area contributed by atoms with Gasteiger partial charge in [0.05, 0.1) is 0 Å². The molecular weight excluding hydrogens is 228 g/mol. The van der Waals surface area contributed by atoms with Gasteiger partial charge in [-0.05, 0) is 36.6 Å². The predicted molar refractivity (Wildman–Crippen MR) is 72.5 cm³/mol. The Morgan fingerprint density at radius 2 is 2.00 bits per heavy atom. The third-order valence-corrected chi connectivity index (χ3v) is 2.74. The molecule has 18 heavy (non-hydrogen) atoms. The van der Waals surface area contributed by atoms with Gasteiger partial charge in [0.1, 0.15) is 0 Å². The number of unbranched alkanes of at least 4 members (excludes halogenated alkanes) is 2. The van der Waals surface area contributed by atoms with E-state index in [-0.39, 0.29) is 5.91 Å². The molecular formula is C14H20N2O2. The van der Waals surface area contributed by atoms with Gasteiger partial charge < -0.3 is 11.1 Å². The summed E-state index contributed by atoms with van der Waals surface area (Å²) in [5.41, 5.74) is 7.50. The van der Waals surface area contributed by atoms with E-state index in [1.807, 2.05) is 6.07 Å². The molecule has 0 aliphatic rings. The van der Waals surface area contributed by atoms with Crippen LogP contribution >= 0.6 is 0 Å². The first-order valence-electron chi connectivity index (χ1n) is 6.25. The number of carbonyl (C=O) groups excluding carboxylic acids is 2. The van der Waals surface area contributed by atoms with Gasteiger partial charge in [0.2, 0.25) is 11.8 Å². The third-order valence-electron chi connectivity index (χ3n) is 2.74. The fourth-order valence-corrected chi connectivity index (χ4v) is 1.89. The lowest BCUT2D eigenvalue weighted by atomic mass is 10.00. The summed E-state index contributed by atoms with van der Waals surface area (Å²) in [5, 5.41) is 2.71. The van der Waals surface area contributed by atoms with Crippen LogP contribution in [0.15, 0.2) is 18.2 Å². The lowest BCUT2D eigenvalue weighted by Crippen LogP contribution is -2.15. The molecule has 0 aromatic heterocycles. The van der Waals surface area contributed by atoms with Crippen LogP contribution in [-0.2, 0) is 11.2 Å². The van der Waals surface area contributed by atoms with Crippen LogP contribution in [-0.4, -0.2) is 11.8 Å². The van der Waals surface area contributed by atoms with Crippen LogP contribution in [0, 0.1) is 0 Å². The van der Waals surface area contributed by atoms with Crippen LogP contribution in [0.3, 0.4) is 0 Å². The first-order valence-corrected chi connectivity index (χ1v) is 6.25. The number of amides is 2. The van der Waals surface area contributed by atoms with Crippen molar-refractivity contribution >= 4 is 17.5 Å². The zero-order valence-corrected chi connectivity index (χ0v) is 11.0. The zero-order chi connectivity index (χ0) is 13.5. The average Bonchev–Trinajstić information content (AvgIpc) is 2.28. The Bertz CT molecular complexity index is 441. The summed E-state index contributed by atoms with van der Waals surface area (Å²) in [6, 6.07) is 5.21. The lowest BCUT2D eigenvalue weighted by Gasteiger charge is -2.10. The van der Waals surface area contributed by atoms with Crippen molar-refractivity contribution in [3.8, 4) is 0 Å². The van der Waals surface area contributed by atoms with Crippen molar-refractivity contribution in [3.05, 3.63) is 29.3 Å². The van der Waals surface area contributed by atoms with Gasteiger partial charge in [-0.25, -0.2) is 0 Å². The van der Waals surface area contributed by atoms with Gasteiger partial charge in [-0.3, -0.25) is 9.59 Å². The quantitative estimate of drug-likeness (QED) is 0.759. The molecule has 0 aliphatic carbocycles. The van der Waals surface area contributed by atoms with Crippen molar-refractivity contribution in [1.82, 2.24) is 0 Å². The van der Waals surface area contributed by atoms with Crippen LogP contribution in [0.4, 0.5) is 5.69 Å². The maximum absolute atomic E-state index is 11.3. The van der Waals surface area contributed by atoms with E-state index in [0.717, 1.165) is 31.2 Å². The highest BCUT2D eigenvalue weighted by atomic mass is 16.1. The van der Waals surface area contributed by atoms with Gasteiger partial charge in [0, 0.05) is 18.2 Å². The molecule has 2 amide bonds. The molecule has 4 heteroatoms. The highest BCUT2D eigenvalue weighted by Crippen LogP contribution is 2.18. The maximum atomic E-state index is 11.3. The van der Waals surface area contributed by atoms with E-state index in [1.54, 1.807) is 12.1 Å². The Labute approximate surface area is 108 Å². The minimum Gasteiger partial charge on any atom is -0.366 e. The molecule has 0 spiro atoms. The number of primary amides is 1. The summed E-state index contributed by atoms with van der Waals surface area (Å²) in [4.78, 5) is 22.3. The summed E-state index contributed by atoms with van der Waals surface area (Å²) in [7, 11) is 0. The van der Waals surface area contributed by atoms with E-state index < -0.39 is 5.91 Å². The topological polar surface area (TPSA) is 72.2 Å². The van der Waals surface area contributed by atoms with E-state index in [0.29, 0.717) is 11.3 Å². The largest absolute Gasteiger partial charge is 0.366 e. The molecule has 0 atom stereocenters. The van der Waals surface area contributed by atoms with Crippen molar-refractivity contribution in [1.29, 1.82) is 0 Å². The SMILES string of the molecule is CCCCCc1cc(NC(C)=O)ccc1C(N)=O. The molecule has 0 saturated heterocycles. The molecule has 4 nitrogen and oxygen atoms in total. The molecule has 0 unspecified atom stereocenters. The molecule has 3 N–H and O–H groups in total.